The van der Waals surface area contributed by atoms with E-state index in [-0.39, 0.29) is 11.1 Å². The lowest BCUT2D eigenvalue weighted by Crippen LogP contribution is -2.33. The fourth-order valence-corrected chi connectivity index (χ4v) is 6.31. The number of fused-ring (bicyclic) bond motifs is 1. The molecule has 1 unspecified atom stereocenters. The van der Waals surface area contributed by atoms with Gasteiger partial charge in [-0.3, -0.25) is 0 Å². The summed E-state index contributed by atoms with van der Waals surface area (Å²) in [5.74, 6) is 0.423. The third-order valence-electron chi connectivity index (χ3n) is 4.91. The third kappa shape index (κ3) is 3.74. The maximum Gasteiger partial charge on any atom is 0.243 e. The predicted octanol–water partition coefficient (Wildman–Crippen LogP) is 4.85. The Morgan fingerprint density at radius 3 is 2.48 bits per heavy atom. The summed E-state index contributed by atoms with van der Waals surface area (Å²) >= 11 is 1.62. The average molecular weight is 402 g/mol. The molecule has 0 aliphatic carbocycles. The Labute approximate surface area is 163 Å². The monoisotopic (exact) mass is 401 g/mol. The van der Waals surface area contributed by atoms with Crippen molar-refractivity contribution < 1.29 is 12.8 Å². The Morgan fingerprint density at radius 2 is 1.67 bits per heavy atom. The van der Waals surface area contributed by atoms with Crippen LogP contribution >= 0.6 is 11.8 Å². The van der Waals surface area contributed by atoms with E-state index in [4.69, 9.17) is 0 Å². The second-order valence-electron chi connectivity index (χ2n) is 6.58. The van der Waals surface area contributed by atoms with Gasteiger partial charge in [-0.15, -0.1) is 0 Å². The van der Waals surface area contributed by atoms with Gasteiger partial charge in [-0.1, -0.05) is 48.5 Å². The van der Waals surface area contributed by atoms with Crippen molar-refractivity contribution in [2.45, 2.75) is 16.6 Å². The first-order chi connectivity index (χ1) is 13.1. The first-order valence-electron chi connectivity index (χ1n) is 8.91. The minimum Gasteiger partial charge on any atom is -0.207 e. The Balaban J connectivity index is 1.58. The Kier molecular flexibility index (Phi) is 5.21. The Hall–Kier alpha value is -1.89. The topological polar surface area (TPSA) is 37.4 Å². The molecule has 140 valence electrons. The van der Waals surface area contributed by atoms with Crippen molar-refractivity contribution in [3.8, 4) is 0 Å². The van der Waals surface area contributed by atoms with E-state index < -0.39 is 10.0 Å². The molecule has 0 radical (unpaired) electrons. The molecule has 1 aliphatic rings. The maximum absolute atomic E-state index is 14.1. The molecule has 3 nitrogen and oxygen atoms in total. The zero-order valence-corrected chi connectivity index (χ0v) is 16.3. The molecule has 1 saturated heterocycles. The average Bonchev–Trinajstić information content (AvgIpc) is 2.94. The van der Waals surface area contributed by atoms with Crippen molar-refractivity contribution >= 4 is 32.6 Å². The van der Waals surface area contributed by atoms with Crippen molar-refractivity contribution in [1.29, 1.82) is 0 Å². The number of hydrogen-bond acceptors (Lipinski definition) is 3. The second-order valence-corrected chi connectivity index (χ2v) is 9.83. The van der Waals surface area contributed by atoms with Crippen LogP contribution in [0, 0.1) is 5.82 Å². The minimum atomic E-state index is -3.57. The van der Waals surface area contributed by atoms with Crippen LogP contribution in [0.4, 0.5) is 4.39 Å². The number of benzene rings is 3. The standard InChI is InChI=1S/C21H20FNO2S2/c22-20-8-4-3-7-19(20)21-11-12-23(13-14-26-21)27(24,25)18-10-9-16-5-1-2-6-17(16)15-18/h1-10,15,21H,11-14H2. The summed E-state index contributed by atoms with van der Waals surface area (Å²) in [6.45, 7) is 0.825. The lowest BCUT2D eigenvalue weighted by atomic mass is 10.1. The molecule has 3 aromatic carbocycles. The zero-order valence-electron chi connectivity index (χ0n) is 14.7. The van der Waals surface area contributed by atoms with Crippen molar-refractivity contribution in [3.05, 3.63) is 78.1 Å². The number of halogens is 1. The van der Waals surface area contributed by atoms with Gasteiger partial charge in [0, 0.05) is 29.7 Å². The number of rotatable bonds is 3. The largest absolute Gasteiger partial charge is 0.243 e. The van der Waals surface area contributed by atoms with Gasteiger partial charge in [0.2, 0.25) is 10.0 Å². The highest BCUT2D eigenvalue weighted by Crippen LogP contribution is 2.36. The van der Waals surface area contributed by atoms with Gasteiger partial charge in [0.15, 0.2) is 0 Å². The van der Waals surface area contributed by atoms with Gasteiger partial charge in [-0.05, 0) is 35.4 Å². The number of sulfonamides is 1. The van der Waals surface area contributed by atoms with Crippen LogP contribution in [-0.2, 0) is 10.0 Å². The molecule has 6 heteroatoms. The highest BCUT2D eigenvalue weighted by Gasteiger charge is 2.29. The molecule has 0 N–H and O–H groups in total. The SMILES string of the molecule is O=S(=O)(c1ccc2ccccc2c1)N1CCSC(c2ccccc2F)CC1. The van der Waals surface area contributed by atoms with Gasteiger partial charge < -0.3 is 0 Å². The smallest absolute Gasteiger partial charge is 0.207 e. The number of nitrogens with zero attached hydrogens (tertiary/aromatic N) is 1. The summed E-state index contributed by atoms with van der Waals surface area (Å²) in [6.07, 6.45) is 0.596. The first kappa shape index (κ1) is 18.5. The highest BCUT2D eigenvalue weighted by atomic mass is 32.2. The maximum atomic E-state index is 14.1. The summed E-state index contributed by atoms with van der Waals surface area (Å²) in [4.78, 5) is 0.315. The lowest BCUT2D eigenvalue weighted by Gasteiger charge is -2.20. The molecule has 0 amide bonds. The third-order valence-corrected chi connectivity index (χ3v) is 8.12. The van der Waals surface area contributed by atoms with E-state index in [9.17, 15) is 12.8 Å². The molecule has 1 heterocycles. The van der Waals surface area contributed by atoms with E-state index >= 15 is 0 Å². The van der Waals surface area contributed by atoms with Crippen LogP contribution in [0.15, 0.2) is 71.6 Å². The normalized spacial score (nSPS) is 19.1. The van der Waals surface area contributed by atoms with Crippen LogP contribution in [0.25, 0.3) is 10.8 Å². The molecular weight excluding hydrogens is 381 g/mol. The van der Waals surface area contributed by atoms with Gasteiger partial charge in [0.25, 0.3) is 0 Å². The summed E-state index contributed by atoms with van der Waals surface area (Å²) in [7, 11) is -3.57. The molecule has 0 aromatic heterocycles. The molecule has 0 saturated carbocycles. The van der Waals surface area contributed by atoms with Crippen LogP contribution in [0.3, 0.4) is 0 Å². The molecule has 27 heavy (non-hydrogen) atoms. The van der Waals surface area contributed by atoms with E-state index in [1.165, 1.54) is 10.4 Å². The van der Waals surface area contributed by atoms with Crippen LogP contribution in [0.2, 0.25) is 0 Å². The van der Waals surface area contributed by atoms with E-state index in [1.807, 2.05) is 36.4 Å². The first-order valence-corrected chi connectivity index (χ1v) is 11.4. The van der Waals surface area contributed by atoms with Gasteiger partial charge in [-0.25, -0.2) is 12.8 Å². The molecule has 1 atom stereocenters. The van der Waals surface area contributed by atoms with Gasteiger partial charge in [0.1, 0.15) is 5.82 Å². The Morgan fingerprint density at radius 1 is 0.926 bits per heavy atom. The van der Waals surface area contributed by atoms with Gasteiger partial charge in [-0.2, -0.15) is 16.1 Å². The molecule has 0 spiro atoms. The summed E-state index contributed by atoms with van der Waals surface area (Å²) < 4.78 is 41.9. The summed E-state index contributed by atoms with van der Waals surface area (Å²) in [5.41, 5.74) is 0.660. The number of hydrogen-bond donors (Lipinski definition) is 0. The quantitative estimate of drug-likeness (QED) is 0.630. The van der Waals surface area contributed by atoms with Crippen LogP contribution < -0.4 is 0 Å². The van der Waals surface area contributed by atoms with Gasteiger partial charge >= 0.3 is 0 Å². The molecule has 1 aliphatic heterocycles. The van der Waals surface area contributed by atoms with Crippen molar-refractivity contribution in [2.75, 3.05) is 18.8 Å². The fraction of sp³-hybridized carbons (Fsp3) is 0.238. The zero-order chi connectivity index (χ0) is 18.9. The van der Waals surface area contributed by atoms with E-state index in [2.05, 4.69) is 0 Å². The predicted molar refractivity (Wildman–Crippen MR) is 109 cm³/mol. The molecule has 4 rings (SSSR count). The van der Waals surface area contributed by atoms with E-state index in [0.29, 0.717) is 35.7 Å². The van der Waals surface area contributed by atoms with E-state index in [1.54, 1.807) is 36.0 Å². The Bertz CT molecular complexity index is 1070. The van der Waals surface area contributed by atoms with Crippen LogP contribution in [0.1, 0.15) is 17.2 Å². The molecule has 3 aromatic rings. The highest BCUT2D eigenvalue weighted by molar-refractivity contribution is 7.99. The lowest BCUT2D eigenvalue weighted by molar-refractivity contribution is 0.427. The molecular formula is C21H20FNO2S2. The van der Waals surface area contributed by atoms with Gasteiger partial charge in [0.05, 0.1) is 4.90 Å². The fourth-order valence-electron chi connectivity index (χ4n) is 3.45. The van der Waals surface area contributed by atoms with Crippen LogP contribution in [0.5, 0.6) is 0 Å². The second kappa shape index (κ2) is 7.62. The summed E-state index contributed by atoms with van der Waals surface area (Å²) in [6, 6.07) is 19.7. The van der Waals surface area contributed by atoms with Crippen LogP contribution in [-0.4, -0.2) is 31.6 Å². The van der Waals surface area contributed by atoms with Crippen molar-refractivity contribution in [3.63, 3.8) is 0 Å². The van der Waals surface area contributed by atoms with Crippen molar-refractivity contribution in [2.24, 2.45) is 0 Å². The van der Waals surface area contributed by atoms with Crippen molar-refractivity contribution in [1.82, 2.24) is 4.31 Å². The van der Waals surface area contributed by atoms with E-state index in [0.717, 1.165) is 10.8 Å². The summed E-state index contributed by atoms with van der Waals surface area (Å²) in [5, 5.41) is 1.90. The minimum absolute atomic E-state index is 0.0250. The number of thioether (sulfide) groups is 1. The molecule has 1 fully saturated rings. The molecule has 0 bridgehead atoms.